The highest BCUT2D eigenvalue weighted by atomic mass is 16.3. The van der Waals surface area contributed by atoms with Crippen LogP contribution < -0.4 is 5.73 Å². The predicted molar refractivity (Wildman–Crippen MR) is 59.8 cm³/mol. The van der Waals surface area contributed by atoms with Gasteiger partial charge in [-0.2, -0.15) is 0 Å². The Labute approximate surface area is 93.9 Å². The van der Waals surface area contributed by atoms with Crippen molar-refractivity contribution in [2.75, 3.05) is 18.9 Å². The number of hydrogen-bond acceptors (Lipinski definition) is 4. The van der Waals surface area contributed by atoms with Gasteiger partial charge in [0.05, 0.1) is 24.5 Å². The lowest BCUT2D eigenvalue weighted by Gasteiger charge is -2.22. The van der Waals surface area contributed by atoms with Crippen molar-refractivity contribution in [3.05, 3.63) is 24.0 Å². The lowest BCUT2D eigenvalue weighted by molar-refractivity contribution is 0.0672. The molecule has 0 bridgehead atoms. The molecule has 1 fully saturated rings. The summed E-state index contributed by atoms with van der Waals surface area (Å²) in [6.07, 6.45) is 3.26. The second-order valence-corrected chi connectivity index (χ2v) is 3.95. The van der Waals surface area contributed by atoms with Gasteiger partial charge in [-0.3, -0.25) is 4.79 Å². The van der Waals surface area contributed by atoms with E-state index in [-0.39, 0.29) is 18.6 Å². The zero-order valence-electron chi connectivity index (χ0n) is 8.97. The van der Waals surface area contributed by atoms with Crippen molar-refractivity contribution >= 4 is 11.6 Å². The molecule has 1 aliphatic heterocycles. The highest BCUT2D eigenvalue weighted by Gasteiger charge is 2.29. The number of pyridine rings is 1. The molecule has 0 aromatic carbocycles. The lowest BCUT2D eigenvalue weighted by Crippen LogP contribution is -2.38. The summed E-state index contributed by atoms with van der Waals surface area (Å²) >= 11 is 0. The van der Waals surface area contributed by atoms with Crippen LogP contribution in [0.2, 0.25) is 0 Å². The summed E-state index contributed by atoms with van der Waals surface area (Å²) in [4.78, 5) is 17.7. The molecule has 1 aromatic rings. The van der Waals surface area contributed by atoms with Crippen molar-refractivity contribution in [3.8, 4) is 0 Å². The summed E-state index contributed by atoms with van der Waals surface area (Å²) in [5.41, 5.74) is 6.43. The maximum atomic E-state index is 12.0. The first kappa shape index (κ1) is 10.9. The number of amides is 1. The summed E-state index contributed by atoms with van der Waals surface area (Å²) in [6, 6.07) is 3.21. The summed E-state index contributed by atoms with van der Waals surface area (Å²) < 4.78 is 0. The van der Waals surface area contributed by atoms with Crippen molar-refractivity contribution < 1.29 is 9.90 Å². The molecule has 1 atom stereocenters. The van der Waals surface area contributed by atoms with Gasteiger partial charge in [0, 0.05) is 6.54 Å². The monoisotopic (exact) mass is 221 g/mol. The van der Waals surface area contributed by atoms with E-state index in [1.54, 1.807) is 17.0 Å². The van der Waals surface area contributed by atoms with Crippen LogP contribution in [0.25, 0.3) is 0 Å². The average molecular weight is 221 g/mol. The predicted octanol–water partition coefficient (Wildman–Crippen LogP) is 0.261. The molecule has 1 amide bonds. The van der Waals surface area contributed by atoms with E-state index in [1.807, 2.05) is 0 Å². The fraction of sp³-hybridized carbons (Fsp3) is 0.455. The minimum atomic E-state index is -0.128. The topological polar surface area (TPSA) is 79.5 Å². The number of nitrogen functional groups attached to an aromatic ring is 1. The van der Waals surface area contributed by atoms with Gasteiger partial charge < -0.3 is 15.7 Å². The summed E-state index contributed by atoms with van der Waals surface area (Å²) in [7, 11) is 0. The SMILES string of the molecule is Nc1ccc(C(=O)N2CCC[C@H]2CO)nc1. The third-order valence-corrected chi connectivity index (χ3v) is 2.85. The van der Waals surface area contributed by atoms with Crippen molar-refractivity contribution in [3.63, 3.8) is 0 Å². The number of nitrogens with two attached hydrogens (primary N) is 1. The van der Waals surface area contributed by atoms with Crippen LogP contribution in [-0.4, -0.2) is 40.1 Å². The Morgan fingerprint density at radius 2 is 2.44 bits per heavy atom. The Balaban J connectivity index is 2.15. The lowest BCUT2D eigenvalue weighted by atomic mass is 10.2. The van der Waals surface area contributed by atoms with Crippen LogP contribution in [0.1, 0.15) is 23.3 Å². The van der Waals surface area contributed by atoms with E-state index in [9.17, 15) is 4.79 Å². The zero-order chi connectivity index (χ0) is 11.5. The molecule has 1 aliphatic rings. The van der Waals surface area contributed by atoms with Crippen LogP contribution in [0.5, 0.6) is 0 Å². The van der Waals surface area contributed by atoms with Gasteiger partial charge >= 0.3 is 0 Å². The highest BCUT2D eigenvalue weighted by Crippen LogP contribution is 2.19. The molecular formula is C11H15N3O2. The molecule has 16 heavy (non-hydrogen) atoms. The largest absolute Gasteiger partial charge is 0.397 e. The number of aliphatic hydroxyl groups is 1. The van der Waals surface area contributed by atoms with Crippen molar-refractivity contribution in [2.24, 2.45) is 0 Å². The van der Waals surface area contributed by atoms with Gasteiger partial charge in [-0.15, -0.1) is 0 Å². The van der Waals surface area contributed by atoms with Crippen molar-refractivity contribution in [1.29, 1.82) is 0 Å². The normalized spacial score (nSPS) is 20.1. The van der Waals surface area contributed by atoms with Gasteiger partial charge in [0.25, 0.3) is 5.91 Å². The molecule has 1 saturated heterocycles. The first-order chi connectivity index (χ1) is 7.72. The first-order valence-electron chi connectivity index (χ1n) is 5.35. The smallest absolute Gasteiger partial charge is 0.272 e. The molecule has 5 heteroatoms. The summed E-state index contributed by atoms with van der Waals surface area (Å²) in [5.74, 6) is -0.128. The highest BCUT2D eigenvalue weighted by molar-refractivity contribution is 5.92. The van der Waals surface area contributed by atoms with Gasteiger partial charge in [-0.05, 0) is 25.0 Å². The molecule has 5 nitrogen and oxygen atoms in total. The summed E-state index contributed by atoms with van der Waals surface area (Å²) in [6.45, 7) is 0.705. The molecule has 86 valence electrons. The zero-order valence-corrected chi connectivity index (χ0v) is 8.97. The molecule has 0 saturated carbocycles. The minimum absolute atomic E-state index is 0.0146. The summed E-state index contributed by atoms with van der Waals surface area (Å²) in [5, 5.41) is 9.14. The van der Waals surface area contributed by atoms with Crippen LogP contribution in [0, 0.1) is 0 Å². The van der Waals surface area contributed by atoms with Gasteiger partial charge in [0.15, 0.2) is 0 Å². The number of aromatic nitrogens is 1. The molecule has 2 rings (SSSR count). The van der Waals surface area contributed by atoms with Crippen LogP contribution in [0.3, 0.4) is 0 Å². The van der Waals surface area contributed by atoms with Crippen LogP contribution in [0.4, 0.5) is 5.69 Å². The van der Waals surface area contributed by atoms with Gasteiger partial charge in [0.2, 0.25) is 0 Å². The number of rotatable bonds is 2. The average Bonchev–Trinajstić information content (AvgIpc) is 2.77. The van der Waals surface area contributed by atoms with Crippen LogP contribution in [-0.2, 0) is 0 Å². The van der Waals surface area contributed by atoms with E-state index in [1.165, 1.54) is 6.20 Å². The fourth-order valence-corrected chi connectivity index (χ4v) is 1.97. The van der Waals surface area contributed by atoms with Crippen LogP contribution in [0.15, 0.2) is 18.3 Å². The second kappa shape index (κ2) is 4.49. The maximum absolute atomic E-state index is 12.0. The number of carbonyl (C=O) groups is 1. The number of aliphatic hydroxyl groups excluding tert-OH is 1. The molecule has 0 spiro atoms. The number of anilines is 1. The minimum Gasteiger partial charge on any atom is -0.397 e. The van der Waals surface area contributed by atoms with E-state index in [4.69, 9.17) is 10.8 Å². The molecular weight excluding hydrogens is 206 g/mol. The molecule has 2 heterocycles. The third-order valence-electron chi connectivity index (χ3n) is 2.85. The quantitative estimate of drug-likeness (QED) is 0.750. The van der Waals surface area contributed by atoms with Crippen molar-refractivity contribution in [1.82, 2.24) is 9.88 Å². The first-order valence-corrected chi connectivity index (χ1v) is 5.35. The Morgan fingerprint density at radius 1 is 1.62 bits per heavy atom. The fourth-order valence-electron chi connectivity index (χ4n) is 1.97. The number of likely N-dealkylation sites (tertiary alicyclic amines) is 1. The van der Waals surface area contributed by atoms with E-state index in [0.29, 0.717) is 17.9 Å². The van der Waals surface area contributed by atoms with E-state index >= 15 is 0 Å². The second-order valence-electron chi connectivity index (χ2n) is 3.95. The Bertz CT molecular complexity index is 377. The molecule has 3 N–H and O–H groups in total. The molecule has 0 aliphatic carbocycles. The molecule has 0 unspecified atom stereocenters. The van der Waals surface area contributed by atoms with E-state index < -0.39 is 0 Å². The van der Waals surface area contributed by atoms with Crippen LogP contribution >= 0.6 is 0 Å². The van der Waals surface area contributed by atoms with Gasteiger partial charge in [0.1, 0.15) is 5.69 Å². The standard InChI is InChI=1S/C11H15N3O2/c12-8-3-4-10(13-6-8)11(16)14-5-1-2-9(14)7-15/h3-4,6,9,15H,1-2,5,7,12H2/t9-/m0/s1. The van der Waals surface area contributed by atoms with Crippen molar-refractivity contribution in [2.45, 2.75) is 18.9 Å². The molecule has 1 aromatic heterocycles. The van der Waals surface area contributed by atoms with Gasteiger partial charge in [-0.1, -0.05) is 0 Å². The number of nitrogens with zero attached hydrogens (tertiary/aromatic N) is 2. The number of hydrogen-bond donors (Lipinski definition) is 2. The number of carbonyl (C=O) groups excluding carboxylic acids is 1. The maximum Gasteiger partial charge on any atom is 0.272 e. The third kappa shape index (κ3) is 1.99. The van der Waals surface area contributed by atoms with Gasteiger partial charge in [-0.25, -0.2) is 4.98 Å². The Kier molecular flexibility index (Phi) is 3.05. The Hall–Kier alpha value is -1.62. The molecule has 0 radical (unpaired) electrons. The van der Waals surface area contributed by atoms with E-state index in [0.717, 1.165) is 12.8 Å². The Morgan fingerprint density at radius 3 is 3.06 bits per heavy atom. The van der Waals surface area contributed by atoms with E-state index in [2.05, 4.69) is 4.98 Å².